The van der Waals surface area contributed by atoms with E-state index < -0.39 is 8.07 Å². The van der Waals surface area contributed by atoms with Crippen molar-refractivity contribution < 1.29 is 4.79 Å². The second kappa shape index (κ2) is 5.30. The Bertz CT molecular complexity index is 156. The predicted molar refractivity (Wildman–Crippen MR) is 57.1 cm³/mol. The molecule has 1 nitrogen and oxygen atoms in total. The summed E-state index contributed by atoms with van der Waals surface area (Å²) in [6, 6.07) is 1.22. The van der Waals surface area contributed by atoms with Crippen molar-refractivity contribution in [3.63, 3.8) is 0 Å². The molecule has 0 aliphatic heterocycles. The van der Waals surface area contributed by atoms with Crippen LogP contribution in [0.15, 0.2) is 12.2 Å². The SMILES string of the molecule is CC(/C=C/C[Si](C)(C)C)CC=O. The fourth-order valence-corrected chi connectivity index (χ4v) is 1.73. The maximum absolute atomic E-state index is 10.2. The molecule has 0 radical (unpaired) electrons. The Morgan fingerprint density at radius 3 is 2.33 bits per heavy atom. The summed E-state index contributed by atoms with van der Waals surface area (Å²) in [6.45, 7) is 9.13. The maximum atomic E-state index is 10.2. The van der Waals surface area contributed by atoms with Gasteiger partial charge in [-0.1, -0.05) is 38.7 Å². The van der Waals surface area contributed by atoms with E-state index in [0.29, 0.717) is 12.3 Å². The van der Waals surface area contributed by atoms with Crippen molar-refractivity contribution in [1.29, 1.82) is 0 Å². The average molecular weight is 184 g/mol. The van der Waals surface area contributed by atoms with Crippen molar-refractivity contribution in [3.8, 4) is 0 Å². The number of carbonyl (C=O) groups excluding carboxylic acids is 1. The highest BCUT2D eigenvalue weighted by Crippen LogP contribution is 2.10. The van der Waals surface area contributed by atoms with Gasteiger partial charge in [0.1, 0.15) is 6.29 Å². The first kappa shape index (κ1) is 11.6. The molecule has 0 saturated carbocycles. The molecule has 70 valence electrons. The van der Waals surface area contributed by atoms with E-state index in [1.165, 1.54) is 6.04 Å². The lowest BCUT2D eigenvalue weighted by Crippen LogP contribution is -2.17. The minimum absolute atomic E-state index is 0.416. The van der Waals surface area contributed by atoms with Gasteiger partial charge >= 0.3 is 0 Å². The molecule has 12 heavy (non-hydrogen) atoms. The summed E-state index contributed by atoms with van der Waals surface area (Å²) in [7, 11) is -0.922. The Labute approximate surface area is 76.9 Å². The highest BCUT2D eigenvalue weighted by Gasteiger charge is 2.09. The highest BCUT2D eigenvalue weighted by atomic mass is 28.3. The Balaban J connectivity index is 3.68. The molecule has 0 fully saturated rings. The first-order valence-electron chi connectivity index (χ1n) is 4.56. The van der Waals surface area contributed by atoms with Gasteiger partial charge in [0.25, 0.3) is 0 Å². The van der Waals surface area contributed by atoms with Crippen LogP contribution in [0.5, 0.6) is 0 Å². The van der Waals surface area contributed by atoms with Crippen molar-refractivity contribution in [2.24, 2.45) is 5.92 Å². The lowest BCUT2D eigenvalue weighted by Gasteiger charge is -2.12. The van der Waals surface area contributed by atoms with E-state index in [0.717, 1.165) is 6.29 Å². The first-order valence-corrected chi connectivity index (χ1v) is 8.27. The topological polar surface area (TPSA) is 17.1 Å². The number of rotatable bonds is 5. The third-order valence-corrected chi connectivity index (χ3v) is 3.12. The van der Waals surface area contributed by atoms with Gasteiger partial charge in [-0.25, -0.2) is 0 Å². The van der Waals surface area contributed by atoms with Crippen LogP contribution < -0.4 is 0 Å². The molecule has 1 unspecified atom stereocenters. The third kappa shape index (κ3) is 7.73. The zero-order chi connectivity index (χ0) is 9.61. The van der Waals surface area contributed by atoms with Gasteiger partial charge in [0.15, 0.2) is 0 Å². The largest absolute Gasteiger partial charge is 0.303 e. The van der Waals surface area contributed by atoms with Gasteiger partial charge in [-0.3, -0.25) is 0 Å². The van der Waals surface area contributed by atoms with Crippen LogP contribution in [0.3, 0.4) is 0 Å². The van der Waals surface area contributed by atoms with E-state index in [4.69, 9.17) is 0 Å². The van der Waals surface area contributed by atoms with Crippen LogP contribution in [0.1, 0.15) is 13.3 Å². The van der Waals surface area contributed by atoms with Crippen molar-refractivity contribution in [2.45, 2.75) is 39.0 Å². The molecular formula is C10H20OSi. The van der Waals surface area contributed by atoms with E-state index in [-0.39, 0.29) is 0 Å². The van der Waals surface area contributed by atoms with E-state index in [1.54, 1.807) is 0 Å². The van der Waals surface area contributed by atoms with Gasteiger partial charge in [-0.2, -0.15) is 0 Å². The van der Waals surface area contributed by atoms with Crippen LogP contribution in [-0.2, 0) is 4.79 Å². The predicted octanol–water partition coefficient (Wildman–Crippen LogP) is 3.11. The Morgan fingerprint density at radius 2 is 1.92 bits per heavy atom. The summed E-state index contributed by atoms with van der Waals surface area (Å²) in [5.41, 5.74) is 0. The Hall–Kier alpha value is -0.373. The van der Waals surface area contributed by atoms with Crippen LogP contribution in [0, 0.1) is 5.92 Å². The number of carbonyl (C=O) groups is 1. The molecule has 0 heterocycles. The molecule has 0 saturated heterocycles. The molecule has 1 atom stereocenters. The molecule has 0 bridgehead atoms. The lowest BCUT2D eigenvalue weighted by molar-refractivity contribution is -0.108. The highest BCUT2D eigenvalue weighted by molar-refractivity contribution is 6.76. The second-order valence-corrected chi connectivity index (χ2v) is 10.1. The third-order valence-electron chi connectivity index (χ3n) is 1.66. The monoisotopic (exact) mass is 184 g/mol. The smallest absolute Gasteiger partial charge is 0.120 e. The van der Waals surface area contributed by atoms with E-state index in [1.807, 2.05) is 0 Å². The zero-order valence-corrected chi connectivity index (χ0v) is 9.63. The summed E-state index contributed by atoms with van der Waals surface area (Å²) in [6.07, 6.45) is 6.04. The van der Waals surface area contributed by atoms with Crippen LogP contribution >= 0.6 is 0 Å². The maximum Gasteiger partial charge on any atom is 0.120 e. The number of hydrogen-bond acceptors (Lipinski definition) is 1. The Morgan fingerprint density at radius 1 is 1.33 bits per heavy atom. The second-order valence-electron chi connectivity index (χ2n) is 4.57. The molecule has 0 aromatic heterocycles. The van der Waals surface area contributed by atoms with Gasteiger partial charge in [-0.15, -0.1) is 0 Å². The van der Waals surface area contributed by atoms with Crippen molar-refractivity contribution in [3.05, 3.63) is 12.2 Å². The fraction of sp³-hybridized carbons (Fsp3) is 0.700. The summed E-state index contributed by atoms with van der Waals surface area (Å²) in [5.74, 6) is 0.416. The summed E-state index contributed by atoms with van der Waals surface area (Å²) < 4.78 is 0. The normalized spacial score (nSPS) is 15.0. The first-order chi connectivity index (χ1) is 5.45. The summed E-state index contributed by atoms with van der Waals surface area (Å²) >= 11 is 0. The fourth-order valence-electron chi connectivity index (χ4n) is 0.884. The van der Waals surface area contributed by atoms with Gasteiger partial charge in [-0.05, 0) is 12.0 Å². The van der Waals surface area contributed by atoms with E-state index >= 15 is 0 Å². The van der Waals surface area contributed by atoms with Crippen LogP contribution in [0.25, 0.3) is 0 Å². The molecule has 2 heteroatoms. The van der Waals surface area contributed by atoms with Crippen LogP contribution in [0.4, 0.5) is 0 Å². The molecule has 0 rings (SSSR count). The average Bonchev–Trinajstić information content (AvgIpc) is 1.84. The number of allylic oxidation sites excluding steroid dienone is 2. The summed E-state index contributed by atoms with van der Waals surface area (Å²) in [4.78, 5) is 10.2. The molecule has 0 spiro atoms. The van der Waals surface area contributed by atoms with E-state index in [2.05, 4.69) is 38.7 Å². The summed E-state index contributed by atoms with van der Waals surface area (Å²) in [5, 5.41) is 0. The van der Waals surface area contributed by atoms with Crippen molar-refractivity contribution >= 4 is 14.4 Å². The van der Waals surface area contributed by atoms with E-state index in [9.17, 15) is 4.79 Å². The Kier molecular flexibility index (Phi) is 5.14. The minimum atomic E-state index is -0.922. The van der Waals surface area contributed by atoms with Gasteiger partial charge < -0.3 is 4.79 Å². The van der Waals surface area contributed by atoms with Crippen LogP contribution in [0.2, 0.25) is 25.7 Å². The number of hydrogen-bond donors (Lipinski definition) is 0. The van der Waals surface area contributed by atoms with Gasteiger partial charge in [0, 0.05) is 14.5 Å². The number of aldehydes is 1. The zero-order valence-electron chi connectivity index (χ0n) is 8.63. The molecule has 0 aromatic rings. The van der Waals surface area contributed by atoms with Crippen LogP contribution in [-0.4, -0.2) is 14.4 Å². The quantitative estimate of drug-likeness (QED) is 0.364. The standard InChI is InChI=1S/C10H20OSi/c1-10(7-8-11)6-5-9-12(2,3)4/h5-6,8,10H,7,9H2,1-4H3/b6-5+. The molecule has 0 aliphatic rings. The molecule has 0 amide bonds. The molecule has 0 N–H and O–H groups in total. The van der Waals surface area contributed by atoms with Gasteiger partial charge in [0.2, 0.25) is 0 Å². The van der Waals surface area contributed by atoms with Crippen molar-refractivity contribution in [1.82, 2.24) is 0 Å². The molecular weight excluding hydrogens is 164 g/mol. The minimum Gasteiger partial charge on any atom is -0.303 e. The van der Waals surface area contributed by atoms with Gasteiger partial charge in [0.05, 0.1) is 0 Å². The lowest BCUT2D eigenvalue weighted by atomic mass is 10.1. The molecule has 0 aliphatic carbocycles. The molecule has 0 aromatic carbocycles. The van der Waals surface area contributed by atoms with Crippen molar-refractivity contribution in [2.75, 3.05) is 0 Å².